The van der Waals surface area contributed by atoms with Crippen LogP contribution in [-0.2, 0) is 9.53 Å². The fourth-order valence-electron chi connectivity index (χ4n) is 2.62. The summed E-state index contributed by atoms with van der Waals surface area (Å²) in [6.07, 6.45) is 7.06. The van der Waals surface area contributed by atoms with E-state index in [1.165, 1.54) is 19.3 Å². The van der Waals surface area contributed by atoms with Crippen LogP contribution in [0.4, 0.5) is 0 Å². The molecular weight excluding hydrogens is 140 g/mol. The van der Waals surface area contributed by atoms with E-state index in [1.54, 1.807) is 6.47 Å². The van der Waals surface area contributed by atoms with E-state index in [2.05, 4.69) is 0 Å². The predicted octanol–water partition coefficient (Wildman–Crippen LogP) is 1.79. The van der Waals surface area contributed by atoms with Crippen LogP contribution in [0.1, 0.15) is 38.5 Å². The zero-order chi connectivity index (χ0) is 7.73. The molecule has 2 saturated carbocycles. The maximum absolute atomic E-state index is 10.1. The highest BCUT2D eigenvalue weighted by atomic mass is 16.5. The van der Waals surface area contributed by atoms with Crippen LogP contribution in [0.3, 0.4) is 0 Å². The van der Waals surface area contributed by atoms with Gasteiger partial charge in [0.2, 0.25) is 0 Å². The quantitative estimate of drug-likeness (QED) is 0.604. The first-order valence-corrected chi connectivity index (χ1v) is 4.40. The average molecular weight is 153 g/mol. The van der Waals surface area contributed by atoms with Gasteiger partial charge < -0.3 is 4.74 Å². The number of ether oxygens (including phenoxy) is 1. The molecule has 2 nitrogen and oxygen atoms in total. The van der Waals surface area contributed by atoms with E-state index in [-0.39, 0.29) is 5.60 Å². The van der Waals surface area contributed by atoms with Crippen LogP contribution >= 0.6 is 0 Å². The lowest BCUT2D eigenvalue weighted by Gasteiger charge is -2.30. The summed E-state index contributed by atoms with van der Waals surface area (Å²) < 4.78 is 5.06. The lowest BCUT2D eigenvalue weighted by atomic mass is 9.86. The van der Waals surface area contributed by atoms with Gasteiger partial charge in [-0.1, -0.05) is 6.42 Å². The first-order chi connectivity index (χ1) is 5.35. The minimum atomic E-state index is -0.0787. The van der Waals surface area contributed by atoms with Gasteiger partial charge >= 0.3 is 6.47 Å². The van der Waals surface area contributed by atoms with E-state index < -0.39 is 0 Å². The standard InChI is InChI=1S/C9H13O2/c10-7-11-9-4-1-2-8(6-9)3-5-9/h8H,1-6H2. The van der Waals surface area contributed by atoms with Crippen LogP contribution in [0.5, 0.6) is 0 Å². The van der Waals surface area contributed by atoms with Crippen LogP contribution in [0.2, 0.25) is 0 Å². The van der Waals surface area contributed by atoms with E-state index in [9.17, 15) is 4.79 Å². The molecule has 2 fully saturated rings. The normalized spacial score (nSPS) is 42.0. The average Bonchev–Trinajstić information content (AvgIpc) is 2.28. The Labute approximate surface area is 66.9 Å². The van der Waals surface area contributed by atoms with Gasteiger partial charge in [0.15, 0.2) is 0 Å². The molecule has 2 bridgehead atoms. The molecule has 2 heteroatoms. The molecule has 1 radical (unpaired) electrons. The maximum Gasteiger partial charge on any atom is 0.418 e. The van der Waals surface area contributed by atoms with E-state index in [1.807, 2.05) is 0 Å². The molecule has 0 aliphatic heterocycles. The van der Waals surface area contributed by atoms with Crippen molar-refractivity contribution in [3.05, 3.63) is 0 Å². The molecule has 0 saturated heterocycles. The Morgan fingerprint density at radius 3 is 3.09 bits per heavy atom. The zero-order valence-corrected chi connectivity index (χ0v) is 6.64. The van der Waals surface area contributed by atoms with Gasteiger partial charge in [0.05, 0.1) is 0 Å². The van der Waals surface area contributed by atoms with Crippen molar-refractivity contribution in [2.45, 2.75) is 44.1 Å². The monoisotopic (exact) mass is 153 g/mol. The van der Waals surface area contributed by atoms with E-state index >= 15 is 0 Å². The highest BCUT2D eigenvalue weighted by molar-refractivity contribution is 5.39. The fourth-order valence-corrected chi connectivity index (χ4v) is 2.62. The number of rotatable bonds is 2. The fraction of sp³-hybridized carbons (Fsp3) is 0.889. The number of hydrogen-bond donors (Lipinski definition) is 0. The van der Waals surface area contributed by atoms with Crippen molar-refractivity contribution in [1.29, 1.82) is 0 Å². The Hall–Kier alpha value is -0.530. The Morgan fingerprint density at radius 1 is 1.36 bits per heavy atom. The van der Waals surface area contributed by atoms with Crippen molar-refractivity contribution < 1.29 is 9.53 Å². The second kappa shape index (κ2) is 2.50. The number of fused-ring (bicyclic) bond motifs is 2. The molecule has 0 heterocycles. The molecule has 0 spiro atoms. The second-order valence-corrected chi connectivity index (χ2v) is 3.87. The van der Waals surface area contributed by atoms with Gasteiger partial charge in [-0.25, -0.2) is 4.79 Å². The lowest BCUT2D eigenvalue weighted by Crippen LogP contribution is -2.31. The minimum absolute atomic E-state index is 0.0787. The van der Waals surface area contributed by atoms with Gasteiger partial charge in [-0.2, -0.15) is 0 Å². The molecule has 0 amide bonds. The summed E-state index contributed by atoms with van der Waals surface area (Å²) >= 11 is 0. The predicted molar refractivity (Wildman–Crippen MR) is 40.7 cm³/mol. The van der Waals surface area contributed by atoms with Gasteiger partial charge in [-0.05, 0) is 38.0 Å². The van der Waals surface area contributed by atoms with Gasteiger partial charge in [-0.3, -0.25) is 0 Å². The van der Waals surface area contributed by atoms with Crippen LogP contribution in [0.25, 0.3) is 0 Å². The van der Waals surface area contributed by atoms with Crippen molar-refractivity contribution >= 4 is 6.47 Å². The molecule has 0 N–H and O–H groups in total. The van der Waals surface area contributed by atoms with Crippen molar-refractivity contribution in [3.8, 4) is 0 Å². The van der Waals surface area contributed by atoms with Crippen LogP contribution in [0.15, 0.2) is 0 Å². The third-order valence-electron chi connectivity index (χ3n) is 3.17. The van der Waals surface area contributed by atoms with Gasteiger partial charge in [-0.15, -0.1) is 0 Å². The Bertz CT molecular complexity index is 163. The van der Waals surface area contributed by atoms with Gasteiger partial charge in [0.25, 0.3) is 0 Å². The Kier molecular flexibility index (Phi) is 1.63. The van der Waals surface area contributed by atoms with Crippen molar-refractivity contribution in [3.63, 3.8) is 0 Å². The smallest absolute Gasteiger partial charge is 0.418 e. The van der Waals surface area contributed by atoms with Crippen LogP contribution in [-0.4, -0.2) is 12.1 Å². The largest absolute Gasteiger partial charge is 0.451 e. The molecule has 61 valence electrons. The first kappa shape index (κ1) is 7.14. The van der Waals surface area contributed by atoms with Crippen LogP contribution < -0.4 is 0 Å². The molecule has 0 aromatic carbocycles. The number of hydrogen-bond acceptors (Lipinski definition) is 2. The summed E-state index contributed by atoms with van der Waals surface area (Å²) in [5, 5.41) is 0. The van der Waals surface area contributed by atoms with Gasteiger partial charge in [0, 0.05) is 0 Å². The molecule has 2 unspecified atom stereocenters. The Morgan fingerprint density at radius 2 is 2.27 bits per heavy atom. The van der Waals surface area contributed by atoms with Crippen molar-refractivity contribution in [1.82, 2.24) is 0 Å². The van der Waals surface area contributed by atoms with Crippen molar-refractivity contribution in [2.24, 2.45) is 5.92 Å². The molecule has 2 atom stereocenters. The first-order valence-electron chi connectivity index (χ1n) is 4.40. The summed E-state index contributed by atoms with van der Waals surface area (Å²) in [4.78, 5) is 10.1. The SMILES string of the molecule is O=[C]OC12CCCC(CC1)C2. The van der Waals surface area contributed by atoms with Crippen LogP contribution in [0, 0.1) is 5.92 Å². The van der Waals surface area contributed by atoms with E-state index in [0.29, 0.717) is 0 Å². The molecular formula is C9H13O2. The minimum Gasteiger partial charge on any atom is -0.451 e. The second-order valence-electron chi connectivity index (χ2n) is 3.87. The topological polar surface area (TPSA) is 26.3 Å². The highest BCUT2D eigenvalue weighted by Gasteiger charge is 2.43. The molecule has 11 heavy (non-hydrogen) atoms. The zero-order valence-electron chi connectivity index (χ0n) is 6.64. The summed E-state index contributed by atoms with van der Waals surface area (Å²) in [6, 6.07) is 0. The van der Waals surface area contributed by atoms with Gasteiger partial charge in [0.1, 0.15) is 5.60 Å². The highest BCUT2D eigenvalue weighted by Crippen LogP contribution is 2.46. The molecule has 2 aliphatic rings. The molecule has 0 aromatic heterocycles. The molecule has 2 aliphatic carbocycles. The molecule has 0 aromatic rings. The summed E-state index contributed by atoms with van der Waals surface area (Å²) in [7, 11) is 0. The van der Waals surface area contributed by atoms with Crippen molar-refractivity contribution in [2.75, 3.05) is 0 Å². The summed E-state index contributed by atoms with van der Waals surface area (Å²) in [6.45, 7) is 1.61. The third kappa shape index (κ3) is 1.15. The molecule has 2 rings (SSSR count). The number of carbonyl (C=O) groups excluding carboxylic acids is 1. The summed E-state index contributed by atoms with van der Waals surface area (Å²) in [5.41, 5.74) is -0.0787. The van der Waals surface area contributed by atoms with E-state index in [4.69, 9.17) is 4.74 Å². The third-order valence-corrected chi connectivity index (χ3v) is 3.17. The maximum atomic E-state index is 10.1. The Balaban J connectivity index is 2.06. The van der Waals surface area contributed by atoms with E-state index in [0.717, 1.165) is 25.2 Å². The lowest BCUT2D eigenvalue weighted by molar-refractivity contribution is 0.0300. The summed E-state index contributed by atoms with van der Waals surface area (Å²) in [5.74, 6) is 0.831.